The number of sulfonamides is 1. The second-order valence-corrected chi connectivity index (χ2v) is 8.33. The van der Waals surface area contributed by atoms with Crippen LogP contribution in [0, 0.1) is 5.92 Å². The molecule has 1 aromatic rings. The van der Waals surface area contributed by atoms with Crippen LogP contribution in [-0.2, 0) is 19.6 Å². The quantitative estimate of drug-likeness (QED) is 0.498. The maximum atomic E-state index is 12.6. The van der Waals surface area contributed by atoms with Crippen molar-refractivity contribution < 1.29 is 17.9 Å². The Morgan fingerprint density at radius 2 is 2.08 bits per heavy atom. The molecule has 0 bridgehead atoms. The molecule has 1 aliphatic carbocycles. The van der Waals surface area contributed by atoms with Gasteiger partial charge in [-0.2, -0.15) is 0 Å². The first-order valence-corrected chi connectivity index (χ1v) is 10.2. The third-order valence-corrected chi connectivity index (χ3v) is 5.95. The van der Waals surface area contributed by atoms with Gasteiger partial charge in [-0.05, 0) is 44.5 Å². The molecule has 1 saturated carbocycles. The summed E-state index contributed by atoms with van der Waals surface area (Å²) in [5.41, 5.74) is 7.05. The summed E-state index contributed by atoms with van der Waals surface area (Å²) in [5.74, 6) is -0.288. The van der Waals surface area contributed by atoms with E-state index in [0.717, 1.165) is 19.3 Å². The molecule has 0 saturated heterocycles. The molecule has 2 atom stereocenters. The van der Waals surface area contributed by atoms with Gasteiger partial charge in [0.05, 0.1) is 22.9 Å². The van der Waals surface area contributed by atoms with Gasteiger partial charge in [0, 0.05) is 25.6 Å². The minimum atomic E-state index is -3.61. The van der Waals surface area contributed by atoms with E-state index < -0.39 is 10.0 Å². The zero-order valence-electron chi connectivity index (χ0n) is 15.2. The zero-order chi connectivity index (χ0) is 19.2. The summed E-state index contributed by atoms with van der Waals surface area (Å²) in [4.78, 5) is 12.7. The second kappa shape index (κ2) is 9.31. The highest BCUT2D eigenvalue weighted by molar-refractivity contribution is 7.89. The molecule has 146 valence electrons. The highest BCUT2D eigenvalue weighted by Gasteiger charge is 2.26. The molecule has 0 radical (unpaired) electrons. The molecule has 2 rings (SSSR count). The molecule has 1 fully saturated rings. The van der Waals surface area contributed by atoms with E-state index in [2.05, 4.69) is 15.4 Å². The predicted molar refractivity (Wildman–Crippen MR) is 102 cm³/mol. The lowest BCUT2D eigenvalue weighted by Crippen LogP contribution is -2.34. The summed E-state index contributed by atoms with van der Waals surface area (Å²) in [6, 6.07) is 4.63. The van der Waals surface area contributed by atoms with Crippen molar-refractivity contribution in [2.24, 2.45) is 11.7 Å². The molecule has 0 aromatic heterocycles. The van der Waals surface area contributed by atoms with Gasteiger partial charge in [0.25, 0.3) is 0 Å². The fourth-order valence-electron chi connectivity index (χ4n) is 3.05. The summed E-state index contributed by atoms with van der Waals surface area (Å²) in [5, 5.41) is 6.02. The Kier molecular flexibility index (Phi) is 7.39. The number of hydrogen-bond donors (Lipinski definition) is 4. The predicted octanol–water partition coefficient (Wildman–Crippen LogP) is 1.11. The molecule has 2 unspecified atom stereocenters. The first-order valence-electron chi connectivity index (χ1n) is 8.74. The van der Waals surface area contributed by atoms with Crippen LogP contribution in [0.5, 0.6) is 0 Å². The maximum Gasteiger partial charge on any atom is 0.240 e. The minimum Gasteiger partial charge on any atom is -0.383 e. The number of rotatable bonds is 8. The van der Waals surface area contributed by atoms with Crippen LogP contribution in [-0.4, -0.2) is 47.7 Å². The van der Waals surface area contributed by atoms with Crippen LogP contribution >= 0.6 is 0 Å². The van der Waals surface area contributed by atoms with E-state index >= 15 is 0 Å². The average molecular weight is 385 g/mol. The lowest BCUT2D eigenvalue weighted by Gasteiger charge is -2.26. The van der Waals surface area contributed by atoms with Crippen LogP contribution in [0.15, 0.2) is 23.1 Å². The fourth-order valence-corrected chi connectivity index (χ4v) is 3.81. The van der Waals surface area contributed by atoms with Crippen molar-refractivity contribution >= 4 is 27.3 Å². The molecule has 9 heteroatoms. The summed E-state index contributed by atoms with van der Waals surface area (Å²) in [7, 11) is -0.660. The first kappa shape index (κ1) is 20.6. The van der Waals surface area contributed by atoms with E-state index in [0.29, 0.717) is 30.9 Å². The highest BCUT2D eigenvalue weighted by atomic mass is 32.2. The normalized spacial score (nSPS) is 20.6. The monoisotopic (exact) mass is 384 g/mol. The van der Waals surface area contributed by atoms with Crippen LogP contribution in [0.3, 0.4) is 0 Å². The molecule has 1 aromatic carbocycles. The number of benzene rings is 1. The van der Waals surface area contributed by atoms with Crippen molar-refractivity contribution in [2.75, 3.05) is 37.9 Å². The van der Waals surface area contributed by atoms with E-state index in [4.69, 9.17) is 10.5 Å². The lowest BCUT2D eigenvalue weighted by atomic mass is 9.85. The molecule has 1 aliphatic rings. The third-order valence-electron chi connectivity index (χ3n) is 4.54. The largest absolute Gasteiger partial charge is 0.383 e. The van der Waals surface area contributed by atoms with Crippen molar-refractivity contribution in [1.29, 1.82) is 0 Å². The van der Waals surface area contributed by atoms with Crippen molar-refractivity contribution in [3.8, 4) is 0 Å². The Morgan fingerprint density at radius 1 is 1.31 bits per heavy atom. The highest BCUT2D eigenvalue weighted by Crippen LogP contribution is 2.29. The number of carbonyl (C=O) groups is 1. The number of hydrogen-bond acceptors (Lipinski definition) is 6. The van der Waals surface area contributed by atoms with Gasteiger partial charge in [0.15, 0.2) is 0 Å². The second-order valence-electron chi connectivity index (χ2n) is 6.45. The molecular formula is C17H28N4O4S. The number of ether oxygens (including phenoxy) is 1. The van der Waals surface area contributed by atoms with Gasteiger partial charge in [-0.3, -0.25) is 4.79 Å². The summed E-state index contributed by atoms with van der Waals surface area (Å²) >= 11 is 0. The van der Waals surface area contributed by atoms with Gasteiger partial charge in [-0.25, -0.2) is 13.1 Å². The van der Waals surface area contributed by atoms with E-state index in [1.807, 2.05) is 0 Å². The SMILES string of the molecule is CNS(=O)(=O)c1ccc(NCCOC)c(NC(=O)C2CCCC(N)C2)c1. The van der Waals surface area contributed by atoms with Crippen LogP contribution in [0.4, 0.5) is 11.4 Å². The first-order chi connectivity index (χ1) is 12.4. The zero-order valence-corrected chi connectivity index (χ0v) is 16.1. The third kappa shape index (κ3) is 5.41. The van der Waals surface area contributed by atoms with Crippen molar-refractivity contribution in [3.63, 3.8) is 0 Å². The van der Waals surface area contributed by atoms with Gasteiger partial charge in [0.1, 0.15) is 0 Å². The molecule has 26 heavy (non-hydrogen) atoms. The van der Waals surface area contributed by atoms with Crippen molar-refractivity contribution in [3.05, 3.63) is 18.2 Å². The fraction of sp³-hybridized carbons (Fsp3) is 0.588. The van der Waals surface area contributed by atoms with E-state index in [1.165, 1.54) is 19.2 Å². The van der Waals surface area contributed by atoms with Crippen molar-refractivity contribution in [2.45, 2.75) is 36.6 Å². The van der Waals surface area contributed by atoms with E-state index in [1.54, 1.807) is 13.2 Å². The number of nitrogens with two attached hydrogens (primary N) is 1. The summed E-state index contributed by atoms with van der Waals surface area (Å²) in [6.07, 6.45) is 3.29. The Balaban J connectivity index is 2.23. The number of anilines is 2. The number of methoxy groups -OCH3 is 1. The van der Waals surface area contributed by atoms with Crippen LogP contribution in [0.1, 0.15) is 25.7 Å². The van der Waals surface area contributed by atoms with Crippen LogP contribution in [0.25, 0.3) is 0 Å². The van der Waals surface area contributed by atoms with Gasteiger partial charge in [-0.15, -0.1) is 0 Å². The number of nitrogens with one attached hydrogen (secondary N) is 3. The van der Waals surface area contributed by atoms with E-state index in [-0.39, 0.29) is 22.8 Å². The minimum absolute atomic E-state index is 0.0369. The topological polar surface area (TPSA) is 123 Å². The van der Waals surface area contributed by atoms with Crippen LogP contribution in [0.2, 0.25) is 0 Å². The van der Waals surface area contributed by atoms with Gasteiger partial charge in [0.2, 0.25) is 15.9 Å². The molecule has 0 aliphatic heterocycles. The average Bonchev–Trinajstić information content (AvgIpc) is 2.63. The van der Waals surface area contributed by atoms with Crippen molar-refractivity contribution in [1.82, 2.24) is 4.72 Å². The van der Waals surface area contributed by atoms with Crippen LogP contribution < -0.4 is 21.1 Å². The summed E-state index contributed by atoms with van der Waals surface area (Å²) in [6.45, 7) is 1.02. The lowest BCUT2D eigenvalue weighted by molar-refractivity contribution is -0.120. The van der Waals surface area contributed by atoms with E-state index in [9.17, 15) is 13.2 Å². The Bertz CT molecular complexity index is 723. The Morgan fingerprint density at radius 3 is 2.73 bits per heavy atom. The van der Waals surface area contributed by atoms with Gasteiger partial charge < -0.3 is 21.1 Å². The van der Waals surface area contributed by atoms with Gasteiger partial charge in [-0.1, -0.05) is 6.42 Å². The number of amides is 1. The molecule has 5 N–H and O–H groups in total. The molecule has 0 heterocycles. The molecular weight excluding hydrogens is 356 g/mol. The standard InChI is InChI=1S/C17H28N4O4S/c1-19-26(23,24)14-6-7-15(20-8-9-25-2)16(11-14)21-17(22)12-4-3-5-13(18)10-12/h6-7,11-13,19-20H,3-5,8-10,18H2,1-2H3,(H,21,22). The Labute approximate surface area is 154 Å². The Hall–Kier alpha value is -1.68. The smallest absolute Gasteiger partial charge is 0.240 e. The molecule has 1 amide bonds. The van der Waals surface area contributed by atoms with Gasteiger partial charge >= 0.3 is 0 Å². The number of carbonyl (C=O) groups excluding carboxylic acids is 1. The molecule has 8 nitrogen and oxygen atoms in total. The molecule has 0 spiro atoms. The maximum absolute atomic E-state index is 12.6. The summed E-state index contributed by atoms with van der Waals surface area (Å²) < 4.78 is 31.4.